The van der Waals surface area contributed by atoms with E-state index in [0.29, 0.717) is 6.54 Å². The summed E-state index contributed by atoms with van der Waals surface area (Å²) in [6.07, 6.45) is 0. The number of methoxy groups -OCH3 is 1. The Balaban J connectivity index is 0.000000438. The number of carboxylic acid groups (broad SMARTS) is 2. The Labute approximate surface area is 166 Å². The summed E-state index contributed by atoms with van der Waals surface area (Å²) in [4.78, 5) is 30.1. The van der Waals surface area contributed by atoms with E-state index in [0.717, 1.165) is 28.5 Å². The van der Waals surface area contributed by atoms with Crippen molar-refractivity contribution in [1.29, 1.82) is 0 Å². The molecule has 0 unspecified atom stereocenters. The molecule has 154 valence electrons. The van der Waals surface area contributed by atoms with Gasteiger partial charge in [-0.1, -0.05) is 6.07 Å². The molecule has 1 aliphatic heterocycles. The van der Waals surface area contributed by atoms with Gasteiger partial charge in [-0.2, -0.15) is 0 Å². The smallest absolute Gasteiger partial charge is 0.414 e. The van der Waals surface area contributed by atoms with Gasteiger partial charge in [-0.25, -0.2) is 9.59 Å². The first-order valence-electron chi connectivity index (χ1n) is 8.38. The molecule has 1 aliphatic rings. The average molecular weight is 404 g/mol. The van der Waals surface area contributed by atoms with E-state index in [1.807, 2.05) is 18.2 Å². The van der Waals surface area contributed by atoms with Crippen molar-refractivity contribution in [2.24, 2.45) is 0 Å². The zero-order valence-electron chi connectivity index (χ0n) is 15.5. The minimum absolute atomic E-state index is 0.101. The summed E-state index contributed by atoms with van der Waals surface area (Å²) in [6, 6.07) is 12.9. The first kappa shape index (κ1) is 21.5. The molecule has 1 amide bonds. The summed E-state index contributed by atoms with van der Waals surface area (Å²) in [7, 11) is 1.60. The fourth-order valence-corrected chi connectivity index (χ4v) is 2.25. The molecule has 4 N–H and O–H groups in total. The van der Waals surface area contributed by atoms with Crippen molar-refractivity contribution in [1.82, 2.24) is 5.32 Å². The summed E-state index contributed by atoms with van der Waals surface area (Å²) in [5.41, 5.74) is 1.77. The summed E-state index contributed by atoms with van der Waals surface area (Å²) in [5.74, 6) is -1.50. The molecule has 2 aromatic carbocycles. The van der Waals surface area contributed by atoms with Crippen molar-refractivity contribution in [3.8, 4) is 17.2 Å². The molecule has 2 aromatic rings. The van der Waals surface area contributed by atoms with Gasteiger partial charge >= 0.3 is 11.9 Å². The van der Waals surface area contributed by atoms with Crippen LogP contribution in [0.1, 0.15) is 5.56 Å². The van der Waals surface area contributed by atoms with Crippen molar-refractivity contribution >= 4 is 23.5 Å². The normalized spacial score (nSPS) is 11.1. The lowest BCUT2D eigenvalue weighted by atomic mass is 10.2. The summed E-state index contributed by atoms with van der Waals surface area (Å²) >= 11 is 0. The fourth-order valence-electron chi connectivity index (χ4n) is 2.25. The van der Waals surface area contributed by atoms with Crippen molar-refractivity contribution in [3.63, 3.8) is 0 Å². The quantitative estimate of drug-likeness (QED) is 0.524. The van der Waals surface area contributed by atoms with Crippen LogP contribution in [0.3, 0.4) is 0 Å². The van der Waals surface area contributed by atoms with Crippen LogP contribution in [0.4, 0.5) is 5.69 Å². The molecule has 29 heavy (non-hydrogen) atoms. The number of ether oxygens (including phenoxy) is 3. The first-order valence-corrected chi connectivity index (χ1v) is 8.38. The molecule has 1 heterocycles. The highest BCUT2D eigenvalue weighted by molar-refractivity contribution is 6.27. The van der Waals surface area contributed by atoms with Gasteiger partial charge in [0.05, 0.1) is 13.7 Å². The first-order chi connectivity index (χ1) is 13.9. The van der Waals surface area contributed by atoms with Crippen LogP contribution in [0.15, 0.2) is 42.5 Å². The van der Waals surface area contributed by atoms with E-state index in [4.69, 9.17) is 34.0 Å². The van der Waals surface area contributed by atoms with E-state index in [2.05, 4.69) is 10.6 Å². The van der Waals surface area contributed by atoms with Crippen LogP contribution < -0.4 is 24.8 Å². The van der Waals surface area contributed by atoms with Crippen LogP contribution in [-0.2, 0) is 20.9 Å². The monoisotopic (exact) mass is 404 g/mol. The van der Waals surface area contributed by atoms with E-state index >= 15 is 0 Å². The number of hydrogen-bond acceptors (Lipinski definition) is 7. The van der Waals surface area contributed by atoms with Crippen molar-refractivity contribution < 1.29 is 38.8 Å². The molecule has 0 saturated heterocycles. The minimum atomic E-state index is -1.82. The van der Waals surface area contributed by atoms with Gasteiger partial charge < -0.3 is 35.1 Å². The average Bonchev–Trinajstić information content (AvgIpc) is 3.17. The highest BCUT2D eigenvalue weighted by Crippen LogP contribution is 2.32. The van der Waals surface area contributed by atoms with Crippen LogP contribution in [0, 0.1) is 0 Å². The maximum absolute atomic E-state index is 11.9. The van der Waals surface area contributed by atoms with E-state index in [-0.39, 0.29) is 19.2 Å². The molecule has 0 bridgehead atoms. The minimum Gasteiger partial charge on any atom is -0.497 e. The Morgan fingerprint density at radius 1 is 1.00 bits per heavy atom. The Morgan fingerprint density at radius 2 is 1.66 bits per heavy atom. The summed E-state index contributed by atoms with van der Waals surface area (Å²) in [5, 5.41) is 20.7. The third-order valence-corrected chi connectivity index (χ3v) is 3.61. The third kappa shape index (κ3) is 7.03. The Hall–Kier alpha value is -3.79. The standard InChI is InChI=1S/C17H18N2O4.C2H2O4/c1-21-14-5-3-13(4-6-14)19-17(20)10-18-9-12-2-7-15-16(8-12)23-11-22-15;3-1(4)2(5)6/h2-8,18H,9-11H2,1H3,(H,19,20);(H,3,4)(H,5,6). The summed E-state index contributed by atoms with van der Waals surface area (Å²) < 4.78 is 15.7. The molecule has 0 aliphatic carbocycles. The highest BCUT2D eigenvalue weighted by Gasteiger charge is 2.13. The topological polar surface area (TPSA) is 143 Å². The SMILES string of the molecule is COc1ccc(NC(=O)CNCc2ccc3c(c2)OCO3)cc1.O=C(O)C(=O)O. The van der Waals surface area contributed by atoms with Gasteiger partial charge in [0, 0.05) is 12.2 Å². The molecule has 0 radical (unpaired) electrons. The molecule has 0 aromatic heterocycles. The molecule has 0 spiro atoms. The van der Waals surface area contributed by atoms with Gasteiger partial charge in [0.25, 0.3) is 0 Å². The lowest BCUT2D eigenvalue weighted by Gasteiger charge is -2.08. The molecule has 0 saturated carbocycles. The van der Waals surface area contributed by atoms with Gasteiger partial charge in [-0.05, 0) is 42.0 Å². The molecule has 0 atom stereocenters. The third-order valence-electron chi connectivity index (χ3n) is 3.61. The van der Waals surface area contributed by atoms with E-state index in [1.165, 1.54) is 0 Å². The number of aliphatic carboxylic acids is 2. The molecule has 3 rings (SSSR count). The Kier molecular flexibility index (Phi) is 7.80. The van der Waals surface area contributed by atoms with Crippen molar-refractivity contribution in [2.45, 2.75) is 6.54 Å². The molecule has 10 heteroatoms. The summed E-state index contributed by atoms with van der Waals surface area (Å²) in [6.45, 7) is 1.06. The zero-order chi connectivity index (χ0) is 21.2. The largest absolute Gasteiger partial charge is 0.497 e. The maximum atomic E-state index is 11.9. The number of benzene rings is 2. The van der Waals surface area contributed by atoms with Gasteiger partial charge in [0.15, 0.2) is 11.5 Å². The number of hydrogen-bond donors (Lipinski definition) is 4. The van der Waals surface area contributed by atoms with Gasteiger partial charge in [-0.3, -0.25) is 4.79 Å². The Bertz CT molecular complexity index is 855. The van der Waals surface area contributed by atoms with E-state index in [1.54, 1.807) is 31.4 Å². The van der Waals surface area contributed by atoms with Gasteiger partial charge in [-0.15, -0.1) is 0 Å². The van der Waals surface area contributed by atoms with Crippen LogP contribution in [0.5, 0.6) is 17.2 Å². The van der Waals surface area contributed by atoms with Crippen molar-refractivity contribution in [3.05, 3.63) is 48.0 Å². The lowest BCUT2D eigenvalue weighted by Crippen LogP contribution is -2.27. The number of anilines is 1. The molecular formula is C19H20N2O8. The zero-order valence-corrected chi connectivity index (χ0v) is 15.5. The number of nitrogens with one attached hydrogen (secondary N) is 2. The number of carbonyl (C=O) groups excluding carboxylic acids is 1. The predicted octanol–water partition coefficient (Wildman–Crippen LogP) is 1.31. The van der Waals surface area contributed by atoms with Crippen LogP contribution in [0.2, 0.25) is 0 Å². The van der Waals surface area contributed by atoms with E-state index < -0.39 is 11.9 Å². The predicted molar refractivity (Wildman–Crippen MR) is 101 cm³/mol. The van der Waals surface area contributed by atoms with Crippen LogP contribution in [-0.4, -0.2) is 48.5 Å². The molecular weight excluding hydrogens is 384 g/mol. The van der Waals surface area contributed by atoms with Crippen LogP contribution >= 0.6 is 0 Å². The molecule has 0 fully saturated rings. The Morgan fingerprint density at radius 3 is 2.28 bits per heavy atom. The number of amides is 1. The number of carboxylic acids is 2. The van der Waals surface area contributed by atoms with Crippen molar-refractivity contribution in [2.75, 3.05) is 25.8 Å². The lowest BCUT2D eigenvalue weighted by molar-refractivity contribution is -0.159. The second-order valence-electron chi connectivity index (χ2n) is 5.68. The molecule has 10 nitrogen and oxygen atoms in total. The second kappa shape index (κ2) is 10.5. The highest BCUT2D eigenvalue weighted by atomic mass is 16.7. The van der Waals surface area contributed by atoms with E-state index in [9.17, 15) is 4.79 Å². The maximum Gasteiger partial charge on any atom is 0.414 e. The number of rotatable bonds is 6. The number of fused-ring (bicyclic) bond motifs is 1. The second-order valence-corrected chi connectivity index (χ2v) is 5.68. The van der Waals surface area contributed by atoms with Gasteiger partial charge in [0.1, 0.15) is 5.75 Å². The fraction of sp³-hybridized carbons (Fsp3) is 0.211. The van der Waals surface area contributed by atoms with Crippen LogP contribution in [0.25, 0.3) is 0 Å². The van der Waals surface area contributed by atoms with Gasteiger partial charge in [0.2, 0.25) is 12.7 Å². The number of carbonyl (C=O) groups is 3.